The quantitative estimate of drug-likeness (QED) is 0.190. The van der Waals surface area contributed by atoms with E-state index in [0.29, 0.717) is 0 Å². The lowest BCUT2D eigenvalue weighted by atomic mass is 9.97. The van der Waals surface area contributed by atoms with Gasteiger partial charge in [0.05, 0.1) is 22.1 Å². The highest BCUT2D eigenvalue weighted by Gasteiger charge is 2.24. The van der Waals surface area contributed by atoms with Crippen LogP contribution in [0.3, 0.4) is 0 Å². The molecule has 2 heterocycles. The number of benzene rings is 8. The molecule has 0 aliphatic rings. The van der Waals surface area contributed by atoms with E-state index in [1.807, 2.05) is 0 Å². The number of nitrogens with zero attached hydrogens (tertiary/aromatic N) is 2. The molecule has 0 radical (unpaired) electrons. The van der Waals surface area contributed by atoms with Gasteiger partial charge < -0.3 is 13.9 Å². The molecule has 3 nitrogen and oxygen atoms in total. The number of hydrogen-bond donors (Lipinski definition) is 0. The third-order valence-electron chi connectivity index (χ3n) is 9.73. The molecule has 0 amide bonds. The van der Waals surface area contributed by atoms with Gasteiger partial charge in [0, 0.05) is 38.8 Å². The van der Waals surface area contributed by atoms with Crippen molar-refractivity contribution in [2.45, 2.75) is 0 Å². The van der Waals surface area contributed by atoms with Crippen LogP contribution in [-0.2, 0) is 0 Å². The molecule has 0 saturated carbocycles. The smallest absolute Gasteiger partial charge is 0.138 e. The maximum Gasteiger partial charge on any atom is 0.138 e. The Labute approximate surface area is 283 Å². The summed E-state index contributed by atoms with van der Waals surface area (Å²) in [5.74, 6) is 0. The summed E-state index contributed by atoms with van der Waals surface area (Å²) in [4.78, 5) is 2.37. The molecule has 230 valence electrons. The second-order valence-corrected chi connectivity index (χ2v) is 12.5. The lowest BCUT2D eigenvalue weighted by Gasteiger charge is -2.27. The highest BCUT2D eigenvalue weighted by molar-refractivity contribution is 6.24. The van der Waals surface area contributed by atoms with Crippen molar-refractivity contribution in [3.8, 4) is 16.8 Å². The number of para-hydroxylation sites is 5. The Morgan fingerprint density at radius 1 is 0.449 bits per heavy atom. The molecule has 0 bridgehead atoms. The fourth-order valence-corrected chi connectivity index (χ4v) is 7.66. The zero-order valence-electron chi connectivity index (χ0n) is 26.6. The Hall–Kier alpha value is -6.58. The lowest BCUT2D eigenvalue weighted by Crippen LogP contribution is -2.10. The highest BCUT2D eigenvalue weighted by atomic mass is 16.3. The van der Waals surface area contributed by atoms with Crippen molar-refractivity contribution in [2.75, 3.05) is 4.90 Å². The SMILES string of the molecule is c1ccc(N(c2ccccc2)c2cc(-c3cccc4c5ccccc5n(-c5ccccc5)c34)cc3oc4ccc5ccccc5c4c23)cc1. The molecular formula is C46H30N2O. The van der Waals surface area contributed by atoms with E-state index in [1.165, 1.54) is 32.6 Å². The minimum absolute atomic E-state index is 0.857. The van der Waals surface area contributed by atoms with Gasteiger partial charge in [0.15, 0.2) is 0 Å². The molecule has 0 aliphatic carbocycles. The van der Waals surface area contributed by atoms with E-state index in [9.17, 15) is 0 Å². The molecule has 0 aliphatic heterocycles. The molecule has 0 N–H and O–H groups in total. The van der Waals surface area contributed by atoms with E-state index < -0.39 is 0 Å². The van der Waals surface area contributed by atoms with E-state index in [4.69, 9.17) is 4.42 Å². The van der Waals surface area contributed by atoms with Crippen LogP contribution in [0.1, 0.15) is 0 Å². The van der Waals surface area contributed by atoms with Crippen LogP contribution >= 0.6 is 0 Å². The van der Waals surface area contributed by atoms with Crippen molar-refractivity contribution in [1.29, 1.82) is 0 Å². The van der Waals surface area contributed by atoms with E-state index in [0.717, 1.165) is 55.8 Å². The van der Waals surface area contributed by atoms with Gasteiger partial charge in [-0.15, -0.1) is 0 Å². The molecular weight excluding hydrogens is 597 g/mol. The van der Waals surface area contributed by atoms with Crippen LogP contribution in [0.25, 0.3) is 71.3 Å². The largest absolute Gasteiger partial charge is 0.456 e. The maximum absolute atomic E-state index is 6.84. The third kappa shape index (κ3) is 4.29. The average Bonchev–Trinajstić information content (AvgIpc) is 3.72. The van der Waals surface area contributed by atoms with Gasteiger partial charge in [-0.25, -0.2) is 0 Å². The fraction of sp³-hybridized carbons (Fsp3) is 0. The summed E-state index contributed by atoms with van der Waals surface area (Å²) >= 11 is 0. The zero-order chi connectivity index (χ0) is 32.3. The number of anilines is 3. The number of aromatic nitrogens is 1. The van der Waals surface area contributed by atoms with Gasteiger partial charge in [-0.05, 0) is 77.0 Å². The van der Waals surface area contributed by atoms with E-state index in [1.54, 1.807) is 0 Å². The zero-order valence-corrected chi connectivity index (χ0v) is 26.6. The molecule has 0 saturated heterocycles. The molecule has 0 atom stereocenters. The van der Waals surface area contributed by atoms with E-state index >= 15 is 0 Å². The Morgan fingerprint density at radius 2 is 1.08 bits per heavy atom. The van der Waals surface area contributed by atoms with Crippen molar-refractivity contribution in [3.63, 3.8) is 0 Å². The molecule has 49 heavy (non-hydrogen) atoms. The summed E-state index contributed by atoms with van der Waals surface area (Å²) in [5, 5.41) is 7.05. The van der Waals surface area contributed by atoms with Crippen molar-refractivity contribution in [2.24, 2.45) is 0 Å². The minimum atomic E-state index is 0.857. The van der Waals surface area contributed by atoms with E-state index in [2.05, 4.69) is 191 Å². The fourth-order valence-electron chi connectivity index (χ4n) is 7.66. The number of furan rings is 1. The average molecular weight is 627 g/mol. The third-order valence-corrected chi connectivity index (χ3v) is 9.73. The van der Waals surface area contributed by atoms with Crippen LogP contribution in [0.2, 0.25) is 0 Å². The monoisotopic (exact) mass is 626 g/mol. The lowest BCUT2D eigenvalue weighted by molar-refractivity contribution is 0.669. The first-order valence-electron chi connectivity index (χ1n) is 16.7. The Morgan fingerprint density at radius 3 is 1.84 bits per heavy atom. The molecule has 3 heteroatoms. The molecule has 0 fully saturated rings. The summed E-state index contributed by atoms with van der Waals surface area (Å²) in [6.07, 6.45) is 0. The molecule has 10 aromatic rings. The van der Waals surface area contributed by atoms with Crippen LogP contribution in [0.4, 0.5) is 17.1 Å². The summed E-state index contributed by atoms with van der Waals surface area (Å²) < 4.78 is 9.24. The number of rotatable bonds is 5. The molecule has 2 aromatic heterocycles. The first kappa shape index (κ1) is 27.5. The van der Waals surface area contributed by atoms with Gasteiger partial charge >= 0.3 is 0 Å². The highest BCUT2D eigenvalue weighted by Crippen LogP contribution is 2.48. The van der Waals surface area contributed by atoms with Crippen molar-refractivity contribution in [1.82, 2.24) is 4.57 Å². The second kappa shape index (κ2) is 11.0. The standard InChI is InChI=1S/C46H30N2O/c1-4-16-33(17-5-1)47(34-18-6-2-7-19-34)41-29-32(30-43-45(41)44-36-22-11-10-15-31(36)27-28-42(44)49-43)37-24-14-25-39-38-23-12-13-26-40(38)48(46(37)39)35-20-8-3-9-21-35/h1-30H. The van der Waals surface area contributed by atoms with Gasteiger partial charge in [-0.1, -0.05) is 121 Å². The summed E-state index contributed by atoms with van der Waals surface area (Å²) in [6, 6.07) is 64.8. The van der Waals surface area contributed by atoms with Crippen LogP contribution in [0, 0.1) is 0 Å². The van der Waals surface area contributed by atoms with Gasteiger partial charge in [0.1, 0.15) is 11.2 Å². The summed E-state index contributed by atoms with van der Waals surface area (Å²) in [7, 11) is 0. The first-order chi connectivity index (χ1) is 24.3. The van der Waals surface area contributed by atoms with Crippen LogP contribution in [-0.4, -0.2) is 4.57 Å². The normalized spacial score (nSPS) is 11.7. The Bertz CT molecular complexity index is 2770. The minimum Gasteiger partial charge on any atom is -0.456 e. The van der Waals surface area contributed by atoms with Crippen molar-refractivity contribution >= 4 is 71.6 Å². The number of fused-ring (bicyclic) bond motifs is 8. The van der Waals surface area contributed by atoms with Gasteiger partial charge in [0.2, 0.25) is 0 Å². The van der Waals surface area contributed by atoms with Crippen LogP contribution in [0.5, 0.6) is 0 Å². The van der Waals surface area contributed by atoms with Crippen molar-refractivity contribution < 1.29 is 4.42 Å². The second-order valence-electron chi connectivity index (χ2n) is 12.5. The Kier molecular flexibility index (Phi) is 6.18. The van der Waals surface area contributed by atoms with Gasteiger partial charge in [-0.3, -0.25) is 0 Å². The number of hydrogen-bond acceptors (Lipinski definition) is 2. The molecule has 8 aromatic carbocycles. The topological polar surface area (TPSA) is 21.3 Å². The van der Waals surface area contributed by atoms with Crippen molar-refractivity contribution in [3.05, 3.63) is 182 Å². The van der Waals surface area contributed by atoms with E-state index in [-0.39, 0.29) is 0 Å². The van der Waals surface area contributed by atoms with Gasteiger partial charge in [0.25, 0.3) is 0 Å². The molecule has 10 rings (SSSR count). The summed E-state index contributed by atoms with van der Waals surface area (Å²) in [5.41, 5.74) is 10.7. The Balaban J connectivity index is 1.36. The molecule has 0 unspecified atom stereocenters. The first-order valence-corrected chi connectivity index (χ1v) is 16.7. The van der Waals surface area contributed by atoms with Gasteiger partial charge in [-0.2, -0.15) is 0 Å². The predicted octanol–water partition coefficient (Wildman–Crippen LogP) is 13.0. The maximum atomic E-state index is 6.84. The van der Waals surface area contributed by atoms with Crippen LogP contribution in [0.15, 0.2) is 186 Å². The summed E-state index contributed by atoms with van der Waals surface area (Å²) in [6.45, 7) is 0. The predicted molar refractivity (Wildman–Crippen MR) is 206 cm³/mol. The van der Waals surface area contributed by atoms with Crippen LogP contribution < -0.4 is 4.90 Å². The molecule has 0 spiro atoms.